The minimum Gasteiger partial charge on any atom is -0.478 e. The van der Waals surface area contributed by atoms with Gasteiger partial charge in [-0.15, -0.1) is 0 Å². The average Bonchev–Trinajstić information content (AvgIpc) is 3.07. The molecule has 6 nitrogen and oxygen atoms in total. The molecule has 10 heteroatoms. The first-order valence-corrected chi connectivity index (χ1v) is 9.23. The Bertz CT molecular complexity index is 1080. The average molecular weight is 410 g/mol. The zero-order valence-corrected chi connectivity index (χ0v) is 14.9. The molecule has 1 aromatic heterocycles. The van der Waals surface area contributed by atoms with Gasteiger partial charge < -0.3 is 5.11 Å². The number of alkyl halides is 3. The quantitative estimate of drug-likeness (QED) is 0.630. The lowest BCUT2D eigenvalue weighted by molar-refractivity contribution is -0.141. The molecule has 1 heterocycles. The topological polar surface area (TPSA) is 89.3 Å². The molecule has 3 rings (SSSR count). The molecule has 3 aromatic rings. The molecule has 0 atom stereocenters. The van der Waals surface area contributed by atoms with Crippen LogP contribution in [-0.4, -0.2) is 29.3 Å². The summed E-state index contributed by atoms with van der Waals surface area (Å²) < 4.78 is 62.2. The number of aromatic carboxylic acids is 1. The Morgan fingerprint density at radius 2 is 1.64 bits per heavy atom. The van der Waals surface area contributed by atoms with Gasteiger partial charge in [0.25, 0.3) is 0 Å². The zero-order chi connectivity index (χ0) is 20.5. The first-order chi connectivity index (χ1) is 13.1. The maximum absolute atomic E-state index is 13.2. The second kappa shape index (κ2) is 7.47. The summed E-state index contributed by atoms with van der Waals surface area (Å²) in [7, 11) is -2.62. The minimum absolute atomic E-state index is 0.00965. The number of hydrogen-bond donors (Lipinski definition) is 2. The van der Waals surface area contributed by atoms with E-state index in [0.29, 0.717) is 11.1 Å². The van der Waals surface area contributed by atoms with E-state index in [1.165, 1.54) is 48.5 Å². The molecule has 1 N–H and O–H groups in total. The van der Waals surface area contributed by atoms with E-state index in [-0.39, 0.29) is 22.7 Å². The van der Waals surface area contributed by atoms with Crippen molar-refractivity contribution in [2.24, 2.45) is 0 Å². The highest BCUT2D eigenvalue weighted by atomic mass is 32.2. The van der Waals surface area contributed by atoms with Gasteiger partial charge in [0.15, 0.2) is 5.69 Å². The SMILES string of the molecule is O=C(O)c1ccc(-n2nc(C(F)(F)F)cc2-c2ccc(C[SH](=O)=O)cc2)cc1. The summed E-state index contributed by atoms with van der Waals surface area (Å²) in [5.74, 6) is -1.32. The van der Waals surface area contributed by atoms with Gasteiger partial charge in [0, 0.05) is 5.56 Å². The van der Waals surface area contributed by atoms with Crippen molar-refractivity contribution in [2.45, 2.75) is 11.9 Å². The standard InChI is InChI=1S/C18H13F3N2O4S/c19-18(20,21)16-9-15(12-3-1-11(2-4-12)10-28(26)27)23(22-16)14-7-5-13(6-8-14)17(24)25/h1-9,28H,10H2,(H,24,25). The molecule has 0 spiro atoms. The summed E-state index contributed by atoms with van der Waals surface area (Å²) in [6, 6.07) is 12.2. The molecule has 28 heavy (non-hydrogen) atoms. The number of thiol groups is 1. The van der Waals surface area contributed by atoms with Crippen molar-refractivity contribution in [1.82, 2.24) is 9.78 Å². The number of benzene rings is 2. The van der Waals surface area contributed by atoms with E-state index in [9.17, 15) is 26.4 Å². The van der Waals surface area contributed by atoms with Crippen LogP contribution < -0.4 is 0 Å². The maximum atomic E-state index is 13.2. The van der Waals surface area contributed by atoms with Gasteiger partial charge in [-0.05, 0) is 35.9 Å². The van der Waals surface area contributed by atoms with Crippen molar-refractivity contribution in [1.29, 1.82) is 0 Å². The Morgan fingerprint density at radius 1 is 1.04 bits per heavy atom. The number of carboxylic acid groups (broad SMARTS) is 1. The van der Waals surface area contributed by atoms with Gasteiger partial charge in [0.05, 0.1) is 22.7 Å². The van der Waals surface area contributed by atoms with Crippen molar-refractivity contribution in [3.63, 3.8) is 0 Å². The second-order valence-corrected chi connectivity index (χ2v) is 6.85. The molecule has 0 unspecified atom stereocenters. The van der Waals surface area contributed by atoms with Crippen LogP contribution in [0.25, 0.3) is 16.9 Å². The Labute approximate surface area is 158 Å². The van der Waals surface area contributed by atoms with E-state index < -0.39 is 28.5 Å². The van der Waals surface area contributed by atoms with E-state index in [2.05, 4.69) is 5.10 Å². The van der Waals surface area contributed by atoms with Crippen LogP contribution in [-0.2, 0) is 22.6 Å². The highest BCUT2D eigenvalue weighted by Crippen LogP contribution is 2.33. The lowest BCUT2D eigenvalue weighted by Crippen LogP contribution is -2.07. The highest BCUT2D eigenvalue weighted by Gasteiger charge is 2.35. The van der Waals surface area contributed by atoms with E-state index in [1.807, 2.05) is 0 Å². The normalized spacial score (nSPS) is 11.7. The van der Waals surface area contributed by atoms with Crippen molar-refractivity contribution in [2.75, 3.05) is 0 Å². The number of halogens is 3. The van der Waals surface area contributed by atoms with Gasteiger partial charge in [-0.2, -0.15) is 18.3 Å². The third-order valence-corrected chi connectivity index (χ3v) is 4.54. The fourth-order valence-electron chi connectivity index (χ4n) is 2.60. The lowest BCUT2D eigenvalue weighted by Gasteiger charge is -2.08. The van der Waals surface area contributed by atoms with E-state index in [1.54, 1.807) is 0 Å². The van der Waals surface area contributed by atoms with Crippen LogP contribution in [0.1, 0.15) is 21.6 Å². The minimum atomic E-state index is -4.66. The molecule has 2 aromatic carbocycles. The van der Waals surface area contributed by atoms with Crippen LogP contribution in [0.15, 0.2) is 54.6 Å². The molecule has 0 aliphatic heterocycles. The largest absolute Gasteiger partial charge is 0.478 e. The molecule has 0 saturated heterocycles. The predicted molar refractivity (Wildman–Crippen MR) is 95.0 cm³/mol. The maximum Gasteiger partial charge on any atom is 0.435 e. The monoisotopic (exact) mass is 410 g/mol. The number of carboxylic acids is 1. The summed E-state index contributed by atoms with van der Waals surface area (Å²) >= 11 is 0. The molecule has 0 saturated carbocycles. The van der Waals surface area contributed by atoms with Crippen LogP contribution in [0.4, 0.5) is 13.2 Å². The molecule has 0 amide bonds. The third-order valence-electron chi connectivity index (χ3n) is 3.92. The zero-order valence-electron chi connectivity index (χ0n) is 14.1. The predicted octanol–water partition coefficient (Wildman–Crippen LogP) is 3.37. The van der Waals surface area contributed by atoms with Gasteiger partial charge in [0.1, 0.15) is 10.7 Å². The fourth-order valence-corrected chi connectivity index (χ4v) is 3.11. The van der Waals surface area contributed by atoms with E-state index in [4.69, 9.17) is 5.11 Å². The van der Waals surface area contributed by atoms with Gasteiger partial charge >= 0.3 is 12.1 Å². The first kappa shape index (κ1) is 19.6. The summed E-state index contributed by atoms with van der Waals surface area (Å²) in [6.45, 7) is 0. The summed E-state index contributed by atoms with van der Waals surface area (Å²) in [6.07, 6.45) is -4.66. The van der Waals surface area contributed by atoms with Crippen LogP contribution in [0.5, 0.6) is 0 Å². The summed E-state index contributed by atoms with van der Waals surface area (Å²) in [5.41, 5.74) is 0.180. The molecule has 0 bridgehead atoms. The van der Waals surface area contributed by atoms with Gasteiger partial charge in [-0.25, -0.2) is 17.9 Å². The number of aromatic nitrogens is 2. The van der Waals surface area contributed by atoms with Crippen LogP contribution in [0.3, 0.4) is 0 Å². The van der Waals surface area contributed by atoms with Crippen LogP contribution in [0, 0.1) is 0 Å². The molecular weight excluding hydrogens is 397 g/mol. The van der Waals surface area contributed by atoms with Gasteiger partial charge in [-0.1, -0.05) is 24.3 Å². The second-order valence-electron chi connectivity index (χ2n) is 5.86. The number of carbonyl (C=O) groups is 1. The molecule has 0 aliphatic rings. The summed E-state index contributed by atoms with van der Waals surface area (Å²) in [4.78, 5) is 11.0. The van der Waals surface area contributed by atoms with Crippen molar-refractivity contribution in [3.05, 3.63) is 71.4 Å². The molecule has 146 valence electrons. The smallest absolute Gasteiger partial charge is 0.435 e. The van der Waals surface area contributed by atoms with Crippen LogP contribution in [0.2, 0.25) is 0 Å². The molecule has 0 aliphatic carbocycles. The highest BCUT2D eigenvalue weighted by molar-refractivity contribution is 7.71. The Balaban J connectivity index is 2.09. The third kappa shape index (κ3) is 4.22. The molecule has 0 radical (unpaired) electrons. The van der Waals surface area contributed by atoms with E-state index >= 15 is 0 Å². The molecule has 0 fully saturated rings. The van der Waals surface area contributed by atoms with Crippen molar-refractivity contribution < 1.29 is 31.5 Å². The number of hydrogen-bond acceptors (Lipinski definition) is 4. The van der Waals surface area contributed by atoms with E-state index in [0.717, 1.165) is 10.7 Å². The van der Waals surface area contributed by atoms with Crippen molar-refractivity contribution >= 4 is 16.7 Å². The Kier molecular flexibility index (Phi) is 5.23. The number of rotatable bonds is 5. The Morgan fingerprint density at radius 3 is 2.14 bits per heavy atom. The first-order valence-electron chi connectivity index (χ1n) is 7.87. The Hall–Kier alpha value is -3.14. The lowest BCUT2D eigenvalue weighted by atomic mass is 10.1. The molecular formula is C18H13F3N2O4S. The summed E-state index contributed by atoms with van der Waals surface area (Å²) in [5, 5.41) is 12.6. The number of nitrogens with zero attached hydrogens (tertiary/aromatic N) is 2. The van der Waals surface area contributed by atoms with Crippen molar-refractivity contribution in [3.8, 4) is 16.9 Å². The fraction of sp³-hybridized carbons (Fsp3) is 0.111. The van der Waals surface area contributed by atoms with Gasteiger partial charge in [-0.3, -0.25) is 0 Å². The van der Waals surface area contributed by atoms with Gasteiger partial charge in [0.2, 0.25) is 0 Å². The van der Waals surface area contributed by atoms with Crippen LogP contribution >= 0.6 is 0 Å².